The van der Waals surface area contributed by atoms with Gasteiger partial charge in [0, 0.05) is 30.6 Å². The van der Waals surface area contributed by atoms with E-state index in [1.165, 1.54) is 29.1 Å². The molecule has 10 heteroatoms. The molecule has 3 aliphatic rings. The molecule has 3 saturated heterocycles. The SMILES string of the molecule is O=C1C(NS(=O)(=O)c2ccc(-c3ccccc3)s2)CCCN1CC(=O)N1CCCC1CN1CCCC1. The van der Waals surface area contributed by atoms with Gasteiger partial charge >= 0.3 is 0 Å². The minimum Gasteiger partial charge on any atom is -0.337 e. The summed E-state index contributed by atoms with van der Waals surface area (Å²) in [5, 5.41) is 0. The van der Waals surface area contributed by atoms with Crippen molar-refractivity contribution in [3.05, 3.63) is 42.5 Å². The van der Waals surface area contributed by atoms with Crippen LogP contribution >= 0.6 is 11.3 Å². The van der Waals surface area contributed by atoms with Crippen LogP contribution < -0.4 is 4.72 Å². The van der Waals surface area contributed by atoms with Crippen LogP contribution in [0.5, 0.6) is 0 Å². The maximum Gasteiger partial charge on any atom is 0.250 e. The second-order valence-corrected chi connectivity index (χ2v) is 13.0. The Hall–Kier alpha value is -2.27. The Morgan fingerprint density at radius 2 is 1.69 bits per heavy atom. The summed E-state index contributed by atoms with van der Waals surface area (Å²) < 4.78 is 29.0. The van der Waals surface area contributed by atoms with Gasteiger partial charge < -0.3 is 14.7 Å². The minimum atomic E-state index is -3.85. The van der Waals surface area contributed by atoms with Crippen molar-refractivity contribution in [3.63, 3.8) is 0 Å². The highest BCUT2D eigenvalue weighted by atomic mass is 32.2. The minimum absolute atomic E-state index is 0.0186. The molecule has 2 aromatic rings. The Morgan fingerprint density at radius 1 is 0.944 bits per heavy atom. The lowest BCUT2D eigenvalue weighted by atomic mass is 10.1. The molecule has 0 saturated carbocycles. The van der Waals surface area contributed by atoms with Crippen LogP contribution in [0.3, 0.4) is 0 Å². The molecule has 1 aromatic carbocycles. The fourth-order valence-corrected chi connectivity index (χ4v) is 8.10. The van der Waals surface area contributed by atoms with Gasteiger partial charge in [-0.25, -0.2) is 8.42 Å². The Bertz CT molecular complexity index is 1180. The van der Waals surface area contributed by atoms with Crippen LogP contribution in [0.2, 0.25) is 0 Å². The molecule has 2 unspecified atom stereocenters. The van der Waals surface area contributed by atoms with Crippen molar-refractivity contribution < 1.29 is 18.0 Å². The first-order chi connectivity index (χ1) is 17.4. The molecule has 4 heterocycles. The summed E-state index contributed by atoms with van der Waals surface area (Å²) >= 11 is 1.18. The van der Waals surface area contributed by atoms with E-state index < -0.39 is 16.1 Å². The summed E-state index contributed by atoms with van der Waals surface area (Å²) in [6.45, 7) is 4.34. The van der Waals surface area contributed by atoms with E-state index in [0.717, 1.165) is 49.5 Å². The lowest BCUT2D eigenvalue weighted by Gasteiger charge is -2.34. The number of rotatable bonds is 8. The summed E-state index contributed by atoms with van der Waals surface area (Å²) in [5.74, 6) is -0.340. The predicted molar refractivity (Wildman–Crippen MR) is 140 cm³/mol. The first-order valence-corrected chi connectivity index (χ1v) is 15.2. The number of carbonyl (C=O) groups excluding carboxylic acids is 2. The molecule has 0 spiro atoms. The monoisotopic (exact) mass is 530 g/mol. The summed E-state index contributed by atoms with van der Waals surface area (Å²) in [6, 6.07) is 12.3. The molecule has 3 fully saturated rings. The van der Waals surface area contributed by atoms with Crippen molar-refractivity contribution in [2.45, 2.75) is 54.8 Å². The fraction of sp³-hybridized carbons (Fsp3) is 0.538. The zero-order valence-electron chi connectivity index (χ0n) is 20.5. The number of hydrogen-bond acceptors (Lipinski definition) is 6. The highest BCUT2D eigenvalue weighted by Crippen LogP contribution is 2.31. The second-order valence-electron chi connectivity index (χ2n) is 9.95. The Kier molecular flexibility index (Phi) is 7.76. The molecule has 2 atom stereocenters. The van der Waals surface area contributed by atoms with Gasteiger partial charge in [-0.2, -0.15) is 4.72 Å². The second kappa shape index (κ2) is 11.0. The Morgan fingerprint density at radius 3 is 2.47 bits per heavy atom. The van der Waals surface area contributed by atoms with Crippen LogP contribution in [0.15, 0.2) is 46.7 Å². The molecule has 1 N–H and O–H groups in total. The third kappa shape index (κ3) is 5.66. The van der Waals surface area contributed by atoms with Crippen LogP contribution in [0, 0.1) is 0 Å². The molecule has 2 amide bonds. The summed E-state index contributed by atoms with van der Waals surface area (Å²) in [5.41, 5.74) is 0.951. The van der Waals surface area contributed by atoms with Crippen LogP contribution in [0.1, 0.15) is 38.5 Å². The van der Waals surface area contributed by atoms with Crippen molar-refractivity contribution in [1.29, 1.82) is 0 Å². The number of nitrogens with zero attached hydrogens (tertiary/aromatic N) is 3. The number of likely N-dealkylation sites (tertiary alicyclic amines) is 3. The third-order valence-corrected chi connectivity index (χ3v) is 10.5. The maximum atomic E-state index is 13.2. The number of thiophene rings is 1. The number of sulfonamides is 1. The van der Waals surface area contributed by atoms with Gasteiger partial charge in [0.15, 0.2) is 0 Å². The van der Waals surface area contributed by atoms with E-state index in [9.17, 15) is 18.0 Å². The number of piperidine rings is 1. The van der Waals surface area contributed by atoms with E-state index in [2.05, 4.69) is 9.62 Å². The maximum absolute atomic E-state index is 13.2. The molecular formula is C26H34N4O4S2. The smallest absolute Gasteiger partial charge is 0.250 e. The Balaban J connectivity index is 1.20. The molecule has 1 aromatic heterocycles. The molecule has 0 radical (unpaired) electrons. The van der Waals surface area contributed by atoms with Gasteiger partial charge in [-0.15, -0.1) is 11.3 Å². The summed E-state index contributed by atoms with van der Waals surface area (Å²) in [4.78, 5) is 33.1. The zero-order valence-corrected chi connectivity index (χ0v) is 22.1. The quantitative estimate of drug-likeness (QED) is 0.567. The van der Waals surface area contributed by atoms with Gasteiger partial charge in [0.05, 0.1) is 6.54 Å². The average Bonchev–Trinajstić information content (AvgIpc) is 3.65. The van der Waals surface area contributed by atoms with Gasteiger partial charge in [-0.3, -0.25) is 9.59 Å². The summed E-state index contributed by atoms with van der Waals surface area (Å²) in [6.07, 6.45) is 5.53. The number of benzene rings is 1. The zero-order chi connectivity index (χ0) is 25.1. The van der Waals surface area contributed by atoms with Gasteiger partial charge in [0.25, 0.3) is 10.0 Å². The number of hydrogen-bond donors (Lipinski definition) is 1. The molecule has 5 rings (SSSR count). The molecule has 8 nitrogen and oxygen atoms in total. The van der Waals surface area contributed by atoms with E-state index in [1.807, 2.05) is 35.2 Å². The van der Waals surface area contributed by atoms with E-state index in [4.69, 9.17) is 0 Å². The Labute approximate surface area is 217 Å². The largest absolute Gasteiger partial charge is 0.337 e. The van der Waals surface area contributed by atoms with Gasteiger partial charge in [0.2, 0.25) is 11.8 Å². The normalized spacial score (nSPS) is 23.5. The lowest BCUT2D eigenvalue weighted by Crippen LogP contribution is -2.55. The van der Waals surface area contributed by atoms with Crippen LogP contribution in [0.4, 0.5) is 0 Å². The molecule has 3 aliphatic heterocycles. The molecular weight excluding hydrogens is 496 g/mol. The van der Waals surface area contributed by atoms with Crippen molar-refractivity contribution >= 4 is 33.2 Å². The van der Waals surface area contributed by atoms with E-state index in [1.54, 1.807) is 12.1 Å². The number of carbonyl (C=O) groups is 2. The standard InChI is InChI=1S/C26H34N4O4S2/c31-24(30-17-6-10-21(30)18-28-14-4-5-15-28)19-29-16-7-11-22(26(29)32)27-36(33,34)25-13-12-23(35-25)20-8-2-1-3-9-20/h1-3,8-9,12-13,21-22,27H,4-7,10-11,14-19H2. The third-order valence-electron chi connectivity index (χ3n) is 7.42. The van der Waals surface area contributed by atoms with Gasteiger partial charge in [0.1, 0.15) is 10.3 Å². The predicted octanol–water partition coefficient (Wildman–Crippen LogP) is 2.77. The van der Waals surface area contributed by atoms with Crippen LogP contribution in [0.25, 0.3) is 10.4 Å². The van der Waals surface area contributed by atoms with Crippen LogP contribution in [-0.2, 0) is 19.6 Å². The van der Waals surface area contributed by atoms with E-state index in [0.29, 0.717) is 19.4 Å². The van der Waals surface area contributed by atoms with E-state index in [-0.39, 0.29) is 28.6 Å². The van der Waals surface area contributed by atoms with Crippen molar-refractivity contribution in [2.24, 2.45) is 0 Å². The topological polar surface area (TPSA) is 90.0 Å². The first-order valence-electron chi connectivity index (χ1n) is 12.9. The van der Waals surface area contributed by atoms with Crippen molar-refractivity contribution in [1.82, 2.24) is 19.4 Å². The average molecular weight is 531 g/mol. The van der Waals surface area contributed by atoms with Crippen molar-refractivity contribution in [3.8, 4) is 10.4 Å². The fourth-order valence-electron chi connectivity index (χ4n) is 5.55. The molecule has 36 heavy (non-hydrogen) atoms. The van der Waals surface area contributed by atoms with Gasteiger partial charge in [-0.1, -0.05) is 30.3 Å². The molecule has 194 valence electrons. The summed E-state index contributed by atoms with van der Waals surface area (Å²) in [7, 11) is -3.85. The first kappa shape index (κ1) is 25.4. The van der Waals surface area contributed by atoms with Crippen molar-refractivity contribution in [2.75, 3.05) is 39.3 Å². The van der Waals surface area contributed by atoms with E-state index >= 15 is 0 Å². The highest BCUT2D eigenvalue weighted by Gasteiger charge is 2.36. The highest BCUT2D eigenvalue weighted by molar-refractivity contribution is 7.91. The lowest BCUT2D eigenvalue weighted by molar-refractivity contribution is -0.143. The number of amides is 2. The number of nitrogens with one attached hydrogen (secondary N) is 1. The van der Waals surface area contributed by atoms with Crippen LogP contribution in [-0.4, -0.2) is 86.3 Å². The molecule has 0 aliphatic carbocycles. The van der Waals surface area contributed by atoms with Gasteiger partial charge in [-0.05, 0) is 69.3 Å². The molecule has 0 bridgehead atoms.